The van der Waals surface area contributed by atoms with E-state index < -0.39 is 4.92 Å². The first-order chi connectivity index (χ1) is 9.36. The van der Waals surface area contributed by atoms with E-state index in [1.54, 1.807) is 30.9 Å². The highest BCUT2D eigenvalue weighted by molar-refractivity contribution is 5.76. The summed E-state index contributed by atoms with van der Waals surface area (Å²) in [6.07, 6.45) is 0. The maximum Gasteiger partial charge on any atom is 0.325 e. The number of carbonyl (C=O) groups excluding carboxylic acids is 1. The monoisotopic (exact) mass is 280 g/mol. The van der Waals surface area contributed by atoms with Crippen LogP contribution >= 0.6 is 0 Å². The topological polar surface area (TPSA) is 72.7 Å². The Morgan fingerprint density at radius 1 is 1.45 bits per heavy atom. The second kappa shape index (κ2) is 6.88. The Hall–Kier alpha value is -2.11. The molecule has 0 spiro atoms. The zero-order valence-corrected chi connectivity index (χ0v) is 12.3. The van der Waals surface area contributed by atoms with E-state index in [2.05, 4.69) is 0 Å². The number of rotatable bonds is 6. The van der Waals surface area contributed by atoms with Crippen molar-refractivity contribution in [3.8, 4) is 0 Å². The minimum Gasteiger partial charge on any atom is -0.465 e. The number of carbonyl (C=O) groups is 1. The van der Waals surface area contributed by atoms with E-state index in [1.807, 2.05) is 13.8 Å². The van der Waals surface area contributed by atoms with Gasteiger partial charge in [-0.3, -0.25) is 14.9 Å². The van der Waals surface area contributed by atoms with Crippen molar-refractivity contribution in [2.45, 2.75) is 33.7 Å². The third kappa shape index (κ3) is 3.94. The molecule has 0 aliphatic rings. The molecule has 1 aromatic rings. The maximum atomic E-state index is 11.6. The van der Waals surface area contributed by atoms with Crippen molar-refractivity contribution in [1.82, 2.24) is 0 Å². The number of nitro benzene ring substituents is 1. The second-order valence-electron chi connectivity index (χ2n) is 4.75. The number of hydrogen-bond donors (Lipinski definition) is 0. The van der Waals surface area contributed by atoms with Gasteiger partial charge in [-0.25, -0.2) is 0 Å². The van der Waals surface area contributed by atoms with Crippen LogP contribution in [-0.4, -0.2) is 30.1 Å². The number of hydrogen-bond acceptors (Lipinski definition) is 5. The van der Waals surface area contributed by atoms with Gasteiger partial charge >= 0.3 is 5.97 Å². The molecule has 0 heterocycles. The number of nitro groups is 1. The largest absolute Gasteiger partial charge is 0.465 e. The average Bonchev–Trinajstić information content (AvgIpc) is 2.36. The Balaban J connectivity index is 3.06. The number of nitrogens with zero attached hydrogens (tertiary/aromatic N) is 2. The van der Waals surface area contributed by atoms with Crippen LogP contribution in [-0.2, 0) is 9.53 Å². The Labute approximate surface area is 118 Å². The van der Waals surface area contributed by atoms with Crippen molar-refractivity contribution >= 4 is 17.3 Å². The van der Waals surface area contributed by atoms with Crippen molar-refractivity contribution in [2.75, 3.05) is 18.1 Å². The van der Waals surface area contributed by atoms with Gasteiger partial charge in [-0.15, -0.1) is 0 Å². The molecule has 0 amide bonds. The lowest BCUT2D eigenvalue weighted by molar-refractivity contribution is -0.385. The van der Waals surface area contributed by atoms with E-state index in [-0.39, 0.29) is 24.2 Å². The number of benzene rings is 1. The highest BCUT2D eigenvalue weighted by Crippen LogP contribution is 2.26. The fourth-order valence-electron chi connectivity index (χ4n) is 1.89. The van der Waals surface area contributed by atoms with Crippen LogP contribution in [0.1, 0.15) is 26.3 Å². The third-order valence-electron chi connectivity index (χ3n) is 2.95. The number of ether oxygens (including phenoxy) is 1. The first-order valence-corrected chi connectivity index (χ1v) is 6.54. The predicted octanol–water partition coefficient (Wildman–Crippen LogP) is 2.68. The van der Waals surface area contributed by atoms with Gasteiger partial charge in [-0.05, 0) is 33.8 Å². The summed E-state index contributed by atoms with van der Waals surface area (Å²) in [5.74, 6) is -0.343. The van der Waals surface area contributed by atoms with Gasteiger partial charge < -0.3 is 9.64 Å². The van der Waals surface area contributed by atoms with Crippen LogP contribution in [0.5, 0.6) is 0 Å². The lowest BCUT2D eigenvalue weighted by Gasteiger charge is -2.27. The summed E-state index contributed by atoms with van der Waals surface area (Å²) in [4.78, 5) is 24.0. The summed E-state index contributed by atoms with van der Waals surface area (Å²) in [5.41, 5.74) is 1.29. The van der Waals surface area contributed by atoms with Gasteiger partial charge in [-0.2, -0.15) is 0 Å². The molecule has 0 radical (unpaired) electrons. The Bertz CT molecular complexity index is 500. The van der Waals surface area contributed by atoms with Gasteiger partial charge in [0.2, 0.25) is 0 Å². The molecular formula is C14H20N2O4. The van der Waals surface area contributed by atoms with Crippen molar-refractivity contribution < 1.29 is 14.5 Å². The number of anilines is 1. The lowest BCUT2D eigenvalue weighted by atomic mass is 10.1. The summed E-state index contributed by atoms with van der Waals surface area (Å²) < 4.78 is 4.93. The lowest BCUT2D eigenvalue weighted by Crippen LogP contribution is -2.36. The van der Waals surface area contributed by atoms with Crippen molar-refractivity contribution in [3.63, 3.8) is 0 Å². The van der Waals surface area contributed by atoms with Crippen LogP contribution in [0, 0.1) is 17.0 Å². The van der Waals surface area contributed by atoms with Crippen LogP contribution < -0.4 is 4.90 Å². The standard InChI is InChI=1S/C14H20N2O4/c1-5-20-14(17)9-15(10(2)3)12-7-6-11(4)13(8-12)16(18)19/h6-8,10H,5,9H2,1-4H3. The van der Waals surface area contributed by atoms with Crippen LogP contribution in [0.4, 0.5) is 11.4 Å². The van der Waals surface area contributed by atoms with Gasteiger partial charge in [-0.1, -0.05) is 6.07 Å². The zero-order valence-electron chi connectivity index (χ0n) is 12.3. The van der Waals surface area contributed by atoms with E-state index in [9.17, 15) is 14.9 Å². The molecule has 110 valence electrons. The number of aryl methyl sites for hydroxylation is 1. The Kier molecular flexibility index (Phi) is 5.49. The molecule has 0 bridgehead atoms. The molecule has 6 nitrogen and oxygen atoms in total. The van der Waals surface area contributed by atoms with Gasteiger partial charge in [0, 0.05) is 23.4 Å². The molecule has 0 aliphatic heterocycles. The van der Waals surface area contributed by atoms with Crippen molar-refractivity contribution in [2.24, 2.45) is 0 Å². The Morgan fingerprint density at radius 3 is 2.60 bits per heavy atom. The average molecular weight is 280 g/mol. The van der Waals surface area contributed by atoms with Crippen LogP contribution in [0.25, 0.3) is 0 Å². The molecule has 6 heteroatoms. The minimum atomic E-state index is -0.415. The van der Waals surface area contributed by atoms with Crippen LogP contribution in [0.3, 0.4) is 0 Å². The highest BCUT2D eigenvalue weighted by atomic mass is 16.6. The molecule has 0 aliphatic carbocycles. The van der Waals surface area contributed by atoms with E-state index in [1.165, 1.54) is 6.07 Å². The van der Waals surface area contributed by atoms with Gasteiger partial charge in [0.15, 0.2) is 0 Å². The van der Waals surface area contributed by atoms with Crippen LogP contribution in [0.15, 0.2) is 18.2 Å². The molecule has 1 rings (SSSR count). The molecule has 0 aromatic heterocycles. The molecule has 0 saturated heterocycles. The van der Waals surface area contributed by atoms with Gasteiger partial charge in [0.05, 0.1) is 11.5 Å². The molecule has 0 unspecified atom stereocenters. The molecule has 0 atom stereocenters. The maximum absolute atomic E-state index is 11.6. The van der Waals surface area contributed by atoms with E-state index >= 15 is 0 Å². The van der Waals surface area contributed by atoms with E-state index in [4.69, 9.17) is 4.74 Å². The summed E-state index contributed by atoms with van der Waals surface area (Å²) in [6, 6.07) is 4.99. The van der Waals surface area contributed by atoms with Crippen molar-refractivity contribution in [3.05, 3.63) is 33.9 Å². The van der Waals surface area contributed by atoms with E-state index in [0.29, 0.717) is 17.9 Å². The quantitative estimate of drug-likeness (QED) is 0.455. The Morgan fingerprint density at radius 2 is 2.10 bits per heavy atom. The molecule has 0 fully saturated rings. The fourth-order valence-corrected chi connectivity index (χ4v) is 1.89. The van der Waals surface area contributed by atoms with Crippen molar-refractivity contribution in [1.29, 1.82) is 0 Å². The predicted molar refractivity (Wildman–Crippen MR) is 76.9 cm³/mol. The number of esters is 1. The molecule has 0 N–H and O–H groups in total. The molecule has 0 saturated carbocycles. The molecule has 20 heavy (non-hydrogen) atoms. The summed E-state index contributed by atoms with van der Waals surface area (Å²) >= 11 is 0. The minimum absolute atomic E-state index is 0.0294. The summed E-state index contributed by atoms with van der Waals surface area (Å²) in [6.45, 7) is 7.67. The second-order valence-corrected chi connectivity index (χ2v) is 4.75. The van der Waals surface area contributed by atoms with E-state index in [0.717, 1.165) is 0 Å². The third-order valence-corrected chi connectivity index (χ3v) is 2.95. The summed E-state index contributed by atoms with van der Waals surface area (Å²) in [7, 11) is 0. The highest BCUT2D eigenvalue weighted by Gasteiger charge is 2.19. The van der Waals surface area contributed by atoms with Gasteiger partial charge in [0.1, 0.15) is 6.54 Å². The fraction of sp³-hybridized carbons (Fsp3) is 0.500. The smallest absolute Gasteiger partial charge is 0.325 e. The van der Waals surface area contributed by atoms with Crippen LogP contribution in [0.2, 0.25) is 0 Å². The SMILES string of the molecule is CCOC(=O)CN(c1ccc(C)c([N+](=O)[O-])c1)C(C)C. The molecule has 1 aromatic carbocycles. The normalized spacial score (nSPS) is 10.4. The first-order valence-electron chi connectivity index (χ1n) is 6.54. The molecular weight excluding hydrogens is 260 g/mol. The van der Waals surface area contributed by atoms with Gasteiger partial charge in [0.25, 0.3) is 5.69 Å². The zero-order chi connectivity index (χ0) is 15.3. The first kappa shape index (κ1) is 15.9. The summed E-state index contributed by atoms with van der Waals surface area (Å²) in [5, 5.41) is 11.0.